The summed E-state index contributed by atoms with van der Waals surface area (Å²) in [5.41, 5.74) is -2.00. The van der Waals surface area contributed by atoms with E-state index in [1.807, 2.05) is 0 Å². The van der Waals surface area contributed by atoms with Gasteiger partial charge in [-0.1, -0.05) is 0 Å². The number of ether oxygens (including phenoxy) is 1. The summed E-state index contributed by atoms with van der Waals surface area (Å²) in [4.78, 5) is 20.5. The molecule has 0 bridgehead atoms. The monoisotopic (exact) mass is 272 g/mol. The van der Waals surface area contributed by atoms with Crippen molar-refractivity contribution in [2.24, 2.45) is 0 Å². The van der Waals surface area contributed by atoms with Gasteiger partial charge in [0.25, 0.3) is 0 Å². The van der Waals surface area contributed by atoms with Crippen LogP contribution in [0.4, 0.5) is 10.1 Å². The van der Waals surface area contributed by atoms with Gasteiger partial charge in [0.1, 0.15) is 17.9 Å². The van der Waals surface area contributed by atoms with Crippen LogP contribution in [-0.4, -0.2) is 35.2 Å². The molecule has 0 aromatic heterocycles. The predicted octanol–water partition coefficient (Wildman–Crippen LogP) is 1.18. The lowest BCUT2D eigenvalue weighted by molar-refractivity contribution is -0.387. The van der Waals surface area contributed by atoms with Crippen LogP contribution in [0, 0.1) is 15.9 Å². The summed E-state index contributed by atoms with van der Waals surface area (Å²) in [6, 6.07) is 3.01. The molecule has 0 saturated carbocycles. The summed E-state index contributed by atoms with van der Waals surface area (Å²) in [5, 5.41) is 22.0. The van der Waals surface area contributed by atoms with Crippen molar-refractivity contribution in [3.8, 4) is 5.75 Å². The van der Waals surface area contributed by atoms with Crippen molar-refractivity contribution >= 4 is 11.7 Å². The van der Waals surface area contributed by atoms with E-state index in [2.05, 4.69) is 5.32 Å². The number of carboxylic acid groups (broad SMARTS) is 1. The number of nitrogens with one attached hydrogen (secondary N) is 1. The van der Waals surface area contributed by atoms with Gasteiger partial charge in [0.2, 0.25) is 5.82 Å². The Balaban J connectivity index is 2.82. The predicted molar refractivity (Wildman–Crippen MR) is 63.6 cm³/mol. The van der Waals surface area contributed by atoms with Crippen LogP contribution in [0.3, 0.4) is 0 Å². The normalized spacial score (nSPS) is 13.6. The number of rotatable bonds is 6. The number of halogens is 1. The molecule has 1 unspecified atom stereocenters. The Morgan fingerprint density at radius 2 is 2.26 bits per heavy atom. The van der Waals surface area contributed by atoms with Crippen LogP contribution < -0.4 is 10.1 Å². The van der Waals surface area contributed by atoms with Gasteiger partial charge < -0.3 is 15.2 Å². The van der Waals surface area contributed by atoms with Gasteiger partial charge in [-0.2, -0.15) is 4.39 Å². The van der Waals surface area contributed by atoms with Gasteiger partial charge in [-0.15, -0.1) is 0 Å². The van der Waals surface area contributed by atoms with Crippen LogP contribution in [0.25, 0.3) is 0 Å². The lowest BCUT2D eigenvalue weighted by atomic mass is 10.1. The molecule has 1 rings (SSSR count). The van der Waals surface area contributed by atoms with Gasteiger partial charge in [0.15, 0.2) is 0 Å². The molecule has 1 atom stereocenters. The Bertz CT molecular complexity index is 508. The molecule has 0 fully saturated rings. The lowest BCUT2D eigenvalue weighted by Crippen LogP contribution is -2.52. The number of hydrogen-bond acceptors (Lipinski definition) is 5. The van der Waals surface area contributed by atoms with Crippen LogP contribution in [0.15, 0.2) is 18.2 Å². The van der Waals surface area contributed by atoms with Gasteiger partial charge in [0, 0.05) is 12.1 Å². The maximum Gasteiger partial charge on any atom is 0.327 e. The van der Waals surface area contributed by atoms with E-state index in [4.69, 9.17) is 9.84 Å². The smallest absolute Gasteiger partial charge is 0.327 e. The zero-order valence-electron chi connectivity index (χ0n) is 10.3. The molecule has 2 N–H and O–H groups in total. The van der Waals surface area contributed by atoms with E-state index in [1.54, 1.807) is 0 Å². The van der Waals surface area contributed by atoms with E-state index in [9.17, 15) is 19.3 Å². The van der Waals surface area contributed by atoms with Gasteiger partial charge in [-0.05, 0) is 20.0 Å². The molecule has 0 saturated heterocycles. The summed E-state index contributed by atoms with van der Waals surface area (Å²) < 4.78 is 18.4. The Kier molecular flexibility index (Phi) is 4.38. The fraction of sp³-hybridized carbons (Fsp3) is 0.364. The van der Waals surface area contributed by atoms with Crippen molar-refractivity contribution < 1.29 is 24.0 Å². The SMILES string of the molecule is CNC(C)(COc1ccc([N+](=O)[O-])c(F)c1)C(=O)O. The second kappa shape index (κ2) is 5.61. The molecule has 0 aliphatic carbocycles. The molecule has 8 heteroatoms. The third kappa shape index (κ3) is 3.38. The maximum absolute atomic E-state index is 13.3. The van der Waals surface area contributed by atoms with E-state index in [1.165, 1.54) is 20.0 Å². The Morgan fingerprint density at radius 1 is 1.63 bits per heavy atom. The minimum absolute atomic E-state index is 0.0193. The lowest BCUT2D eigenvalue weighted by Gasteiger charge is -2.24. The van der Waals surface area contributed by atoms with Crippen molar-refractivity contribution in [2.45, 2.75) is 12.5 Å². The average molecular weight is 272 g/mol. The van der Waals surface area contributed by atoms with Gasteiger partial charge in [-0.25, -0.2) is 0 Å². The van der Waals surface area contributed by atoms with Crippen molar-refractivity contribution in [3.63, 3.8) is 0 Å². The number of nitrogens with zero attached hydrogens (tertiary/aromatic N) is 1. The molecule has 0 heterocycles. The largest absolute Gasteiger partial charge is 0.491 e. The first-order chi connectivity index (χ1) is 8.80. The molecule has 19 heavy (non-hydrogen) atoms. The fourth-order valence-electron chi connectivity index (χ4n) is 1.19. The Morgan fingerprint density at radius 3 is 2.68 bits per heavy atom. The molecule has 1 aromatic rings. The van der Waals surface area contributed by atoms with Crippen molar-refractivity contribution in [3.05, 3.63) is 34.1 Å². The highest BCUT2D eigenvalue weighted by Crippen LogP contribution is 2.23. The van der Waals surface area contributed by atoms with Crippen molar-refractivity contribution in [2.75, 3.05) is 13.7 Å². The molecule has 7 nitrogen and oxygen atoms in total. The number of likely N-dealkylation sites (N-methyl/N-ethyl adjacent to an activating group) is 1. The van der Waals surface area contributed by atoms with Gasteiger partial charge in [-0.3, -0.25) is 14.9 Å². The minimum Gasteiger partial charge on any atom is -0.491 e. The summed E-state index contributed by atoms with van der Waals surface area (Å²) in [5.74, 6) is -2.15. The highest BCUT2D eigenvalue weighted by atomic mass is 19.1. The third-order valence-electron chi connectivity index (χ3n) is 2.67. The topological polar surface area (TPSA) is 102 Å². The summed E-state index contributed by atoms with van der Waals surface area (Å²) in [7, 11) is 1.45. The van der Waals surface area contributed by atoms with Crippen LogP contribution in [0.2, 0.25) is 0 Å². The highest BCUT2D eigenvalue weighted by Gasteiger charge is 2.32. The number of benzene rings is 1. The average Bonchev–Trinajstić information content (AvgIpc) is 2.35. The first-order valence-electron chi connectivity index (χ1n) is 5.29. The Hall–Kier alpha value is -2.22. The third-order valence-corrected chi connectivity index (χ3v) is 2.67. The number of carbonyl (C=O) groups is 1. The van der Waals surface area contributed by atoms with Crippen LogP contribution in [-0.2, 0) is 4.79 Å². The second-order valence-electron chi connectivity index (χ2n) is 4.05. The maximum atomic E-state index is 13.3. The number of aliphatic carboxylic acids is 1. The van der Waals surface area contributed by atoms with Crippen molar-refractivity contribution in [1.29, 1.82) is 0 Å². The first kappa shape index (κ1) is 14.8. The van der Waals surface area contributed by atoms with E-state index < -0.39 is 27.9 Å². The fourth-order valence-corrected chi connectivity index (χ4v) is 1.19. The molecule has 0 spiro atoms. The molecule has 0 aliphatic heterocycles. The summed E-state index contributed by atoms with van der Waals surface area (Å²) in [6.07, 6.45) is 0. The summed E-state index contributed by atoms with van der Waals surface area (Å²) in [6.45, 7) is 1.15. The zero-order chi connectivity index (χ0) is 14.6. The minimum atomic E-state index is -1.34. The zero-order valence-corrected chi connectivity index (χ0v) is 10.3. The van der Waals surface area contributed by atoms with Crippen LogP contribution >= 0.6 is 0 Å². The summed E-state index contributed by atoms with van der Waals surface area (Å²) >= 11 is 0. The molecule has 0 amide bonds. The van der Waals surface area contributed by atoms with E-state index >= 15 is 0 Å². The quantitative estimate of drug-likeness (QED) is 0.595. The van der Waals surface area contributed by atoms with E-state index in [0.717, 1.165) is 12.1 Å². The van der Waals surface area contributed by atoms with E-state index in [0.29, 0.717) is 0 Å². The second-order valence-corrected chi connectivity index (χ2v) is 4.05. The highest BCUT2D eigenvalue weighted by molar-refractivity contribution is 5.78. The van der Waals surface area contributed by atoms with Gasteiger partial charge >= 0.3 is 11.7 Å². The number of hydrogen-bond donors (Lipinski definition) is 2. The Labute approximate surface area is 108 Å². The first-order valence-corrected chi connectivity index (χ1v) is 5.29. The molecule has 0 aliphatic rings. The number of nitro groups is 1. The van der Waals surface area contributed by atoms with Gasteiger partial charge in [0.05, 0.1) is 4.92 Å². The van der Waals surface area contributed by atoms with E-state index in [-0.39, 0.29) is 12.4 Å². The molecule has 0 radical (unpaired) electrons. The van der Waals surface area contributed by atoms with Crippen LogP contribution in [0.1, 0.15) is 6.92 Å². The number of carboxylic acids is 1. The van der Waals surface area contributed by atoms with Crippen molar-refractivity contribution in [1.82, 2.24) is 5.32 Å². The molecule has 1 aromatic carbocycles. The van der Waals surface area contributed by atoms with Crippen LogP contribution in [0.5, 0.6) is 5.75 Å². The molecular weight excluding hydrogens is 259 g/mol. The number of nitro benzene ring substituents is 1. The molecular formula is C11H13FN2O5. The molecule has 104 valence electrons. The standard InChI is InChI=1S/C11H13FN2O5/c1-11(13-2,10(15)16)6-19-7-3-4-9(14(17)18)8(12)5-7/h3-5,13H,6H2,1-2H3,(H,15,16).